The van der Waals surface area contributed by atoms with Crippen molar-refractivity contribution in [3.63, 3.8) is 0 Å². The Kier molecular flexibility index (Phi) is 3.04. The molecule has 1 unspecified atom stereocenters. The largest absolute Gasteiger partial charge is 0.481 e. The van der Waals surface area contributed by atoms with Gasteiger partial charge < -0.3 is 9.84 Å². The molecule has 7 heteroatoms. The highest BCUT2D eigenvalue weighted by atomic mass is 32.2. The van der Waals surface area contributed by atoms with Crippen molar-refractivity contribution >= 4 is 10.1 Å². The number of hydrogen-bond acceptors (Lipinski definition) is 5. The average Bonchev–Trinajstić information content (AvgIpc) is 2.15. The predicted molar refractivity (Wildman–Crippen MR) is 47.3 cm³/mol. The van der Waals surface area contributed by atoms with Crippen molar-refractivity contribution in [3.05, 3.63) is 23.9 Å². The first-order chi connectivity index (χ1) is 6.45. The number of rotatable bonds is 3. The Bertz CT molecular complexity index is 399. The topological polar surface area (TPSA) is 96.7 Å². The fraction of sp³-hybridized carbons (Fsp3) is 0.286. The first kappa shape index (κ1) is 10.9. The first-order valence-electron chi connectivity index (χ1n) is 3.59. The van der Waals surface area contributed by atoms with E-state index in [2.05, 4.69) is 4.98 Å². The summed E-state index contributed by atoms with van der Waals surface area (Å²) in [6, 6.07) is 2.67. The standard InChI is InChI=1S/C7H9NO5S/c1-13-6-3-2-5(4-8-6)7(9)14(10,11)12/h2-4,7,9H,1H3,(H,10,11,12). The van der Waals surface area contributed by atoms with Crippen molar-refractivity contribution < 1.29 is 22.8 Å². The lowest BCUT2D eigenvalue weighted by molar-refractivity contribution is 0.237. The first-order valence-corrected chi connectivity index (χ1v) is 5.10. The van der Waals surface area contributed by atoms with Crippen molar-refractivity contribution in [2.24, 2.45) is 0 Å². The van der Waals surface area contributed by atoms with Crippen LogP contribution in [-0.4, -0.2) is 30.2 Å². The molecule has 1 rings (SSSR count). The molecule has 1 heterocycles. The van der Waals surface area contributed by atoms with Crippen molar-refractivity contribution in [2.75, 3.05) is 7.11 Å². The highest BCUT2D eigenvalue weighted by Gasteiger charge is 2.21. The van der Waals surface area contributed by atoms with Gasteiger partial charge in [0, 0.05) is 17.8 Å². The quantitative estimate of drug-likeness (QED) is 0.693. The van der Waals surface area contributed by atoms with Crippen molar-refractivity contribution in [2.45, 2.75) is 5.44 Å². The Morgan fingerprint density at radius 3 is 2.50 bits per heavy atom. The maximum absolute atomic E-state index is 10.5. The third kappa shape index (κ3) is 2.41. The summed E-state index contributed by atoms with van der Waals surface area (Å²) in [5, 5.41) is 9.10. The molecule has 0 bridgehead atoms. The van der Waals surface area contributed by atoms with Gasteiger partial charge >= 0.3 is 0 Å². The van der Waals surface area contributed by atoms with E-state index in [1.54, 1.807) is 0 Å². The number of aliphatic hydroxyl groups is 1. The number of ether oxygens (including phenoxy) is 1. The van der Waals surface area contributed by atoms with Gasteiger partial charge in [-0.05, 0) is 6.07 Å². The van der Waals surface area contributed by atoms with Gasteiger partial charge in [-0.25, -0.2) is 4.98 Å². The molecule has 0 radical (unpaired) electrons. The van der Waals surface area contributed by atoms with Crippen LogP contribution in [0.2, 0.25) is 0 Å². The van der Waals surface area contributed by atoms with E-state index in [0.717, 1.165) is 6.20 Å². The Morgan fingerprint density at radius 2 is 2.14 bits per heavy atom. The van der Waals surface area contributed by atoms with E-state index in [4.69, 9.17) is 14.4 Å². The Hall–Kier alpha value is -1.18. The smallest absolute Gasteiger partial charge is 0.296 e. The maximum atomic E-state index is 10.5. The van der Waals surface area contributed by atoms with Crippen LogP contribution in [0.1, 0.15) is 11.0 Å². The van der Waals surface area contributed by atoms with Gasteiger partial charge in [0.1, 0.15) is 0 Å². The van der Waals surface area contributed by atoms with Crippen LogP contribution in [0.25, 0.3) is 0 Å². The Balaban J connectivity index is 2.98. The number of nitrogens with zero attached hydrogens (tertiary/aromatic N) is 1. The van der Waals surface area contributed by atoms with Gasteiger partial charge in [-0.1, -0.05) is 0 Å². The second kappa shape index (κ2) is 3.91. The SMILES string of the molecule is COc1ccc(C(O)S(=O)(=O)O)cn1. The van der Waals surface area contributed by atoms with Crippen LogP contribution in [0.4, 0.5) is 0 Å². The molecule has 0 amide bonds. The summed E-state index contributed by atoms with van der Waals surface area (Å²) in [6.07, 6.45) is 1.11. The van der Waals surface area contributed by atoms with Gasteiger partial charge in [-0.2, -0.15) is 8.42 Å². The molecule has 0 aliphatic rings. The number of aromatic nitrogens is 1. The van der Waals surface area contributed by atoms with E-state index in [1.165, 1.54) is 19.2 Å². The number of hydrogen-bond donors (Lipinski definition) is 2. The zero-order chi connectivity index (χ0) is 10.8. The summed E-state index contributed by atoms with van der Waals surface area (Å²) in [6.45, 7) is 0. The van der Waals surface area contributed by atoms with E-state index >= 15 is 0 Å². The van der Waals surface area contributed by atoms with Gasteiger partial charge in [0.05, 0.1) is 7.11 Å². The minimum Gasteiger partial charge on any atom is -0.481 e. The third-order valence-electron chi connectivity index (χ3n) is 1.54. The second-order valence-electron chi connectivity index (χ2n) is 2.50. The molecule has 1 aromatic heterocycles. The van der Waals surface area contributed by atoms with Crippen molar-refractivity contribution in [3.8, 4) is 5.88 Å². The molecule has 1 aromatic rings. The van der Waals surface area contributed by atoms with E-state index < -0.39 is 15.6 Å². The molecule has 0 saturated carbocycles. The molecule has 6 nitrogen and oxygen atoms in total. The van der Waals surface area contributed by atoms with E-state index in [1.807, 2.05) is 0 Å². The Labute approximate surface area is 80.9 Å². The monoisotopic (exact) mass is 219 g/mol. The third-order valence-corrected chi connectivity index (χ3v) is 2.37. The molecule has 78 valence electrons. The average molecular weight is 219 g/mol. The molecule has 0 saturated heterocycles. The van der Waals surface area contributed by atoms with E-state index in [-0.39, 0.29) is 11.4 Å². The summed E-state index contributed by atoms with van der Waals surface area (Å²) < 4.78 is 34.3. The lowest BCUT2D eigenvalue weighted by Crippen LogP contribution is -2.11. The van der Waals surface area contributed by atoms with E-state index in [9.17, 15) is 8.42 Å². The van der Waals surface area contributed by atoms with Crippen LogP contribution in [0.5, 0.6) is 5.88 Å². The summed E-state index contributed by atoms with van der Waals surface area (Å²) >= 11 is 0. The van der Waals surface area contributed by atoms with Crippen LogP contribution in [0.3, 0.4) is 0 Å². The Morgan fingerprint density at radius 1 is 1.50 bits per heavy atom. The number of pyridine rings is 1. The fourth-order valence-corrected chi connectivity index (χ4v) is 1.31. The zero-order valence-corrected chi connectivity index (χ0v) is 8.10. The van der Waals surface area contributed by atoms with Crippen LogP contribution in [0.15, 0.2) is 18.3 Å². The molecule has 0 spiro atoms. The summed E-state index contributed by atoms with van der Waals surface area (Å²) in [5.41, 5.74) is -1.99. The molecule has 0 aliphatic heterocycles. The van der Waals surface area contributed by atoms with E-state index in [0.29, 0.717) is 0 Å². The number of aliphatic hydroxyl groups excluding tert-OH is 1. The van der Waals surface area contributed by atoms with Crippen molar-refractivity contribution in [1.29, 1.82) is 0 Å². The van der Waals surface area contributed by atoms with Gasteiger partial charge in [0.2, 0.25) is 11.3 Å². The minimum atomic E-state index is -4.50. The zero-order valence-electron chi connectivity index (χ0n) is 7.28. The molecule has 14 heavy (non-hydrogen) atoms. The van der Waals surface area contributed by atoms with Gasteiger partial charge in [-0.15, -0.1) is 0 Å². The minimum absolute atomic E-state index is 0.0201. The maximum Gasteiger partial charge on any atom is 0.296 e. The molecule has 1 atom stereocenters. The lowest BCUT2D eigenvalue weighted by Gasteiger charge is -2.06. The van der Waals surface area contributed by atoms with Gasteiger partial charge in [0.15, 0.2) is 0 Å². The molecule has 2 N–H and O–H groups in total. The molecular formula is C7H9NO5S. The van der Waals surface area contributed by atoms with Crippen molar-refractivity contribution in [1.82, 2.24) is 4.98 Å². The van der Waals surface area contributed by atoms with Crippen LogP contribution < -0.4 is 4.74 Å². The summed E-state index contributed by atoms with van der Waals surface area (Å²) in [4.78, 5) is 3.67. The molecule has 0 aromatic carbocycles. The highest BCUT2D eigenvalue weighted by molar-refractivity contribution is 7.85. The fourth-order valence-electron chi connectivity index (χ4n) is 0.831. The molecule has 0 fully saturated rings. The summed E-state index contributed by atoms with van der Waals surface area (Å²) in [7, 11) is -3.10. The van der Waals surface area contributed by atoms with Gasteiger partial charge in [-0.3, -0.25) is 4.55 Å². The second-order valence-corrected chi connectivity index (χ2v) is 3.98. The number of methoxy groups -OCH3 is 1. The van der Waals surface area contributed by atoms with Gasteiger partial charge in [0.25, 0.3) is 10.1 Å². The highest BCUT2D eigenvalue weighted by Crippen LogP contribution is 2.18. The lowest BCUT2D eigenvalue weighted by atomic mass is 10.3. The van der Waals surface area contributed by atoms with Crippen LogP contribution in [-0.2, 0) is 10.1 Å². The van der Waals surface area contributed by atoms with Crippen LogP contribution >= 0.6 is 0 Å². The molecular weight excluding hydrogens is 210 g/mol. The summed E-state index contributed by atoms with van der Waals surface area (Å²) in [5.74, 6) is 0.288. The normalized spacial score (nSPS) is 13.6. The predicted octanol–water partition coefficient (Wildman–Crippen LogP) is -0.0311. The van der Waals surface area contributed by atoms with Crippen LogP contribution in [0, 0.1) is 0 Å². The molecule has 0 aliphatic carbocycles.